The Bertz CT molecular complexity index is 2010. The summed E-state index contributed by atoms with van der Waals surface area (Å²) in [4.78, 5) is 61.9. The molecule has 0 bridgehead atoms. The number of esters is 2. The molecule has 1 N–H and O–H groups in total. The summed E-state index contributed by atoms with van der Waals surface area (Å²) >= 11 is 0. The molecule has 6 unspecified atom stereocenters. The molecule has 3 aliphatic rings. The molecule has 278 valence electrons. The van der Waals surface area contributed by atoms with Crippen molar-refractivity contribution in [3.63, 3.8) is 0 Å². The number of nitrogens with zero attached hydrogens (tertiary/aromatic N) is 2. The van der Waals surface area contributed by atoms with Gasteiger partial charge < -0.3 is 28.8 Å². The summed E-state index contributed by atoms with van der Waals surface area (Å²) < 4.78 is 28.4. The Morgan fingerprint density at radius 1 is 0.815 bits per heavy atom. The molecule has 3 heterocycles. The highest BCUT2D eigenvalue weighted by atomic mass is 16.6. The summed E-state index contributed by atoms with van der Waals surface area (Å²) in [6.07, 6.45) is -0.421. The van der Waals surface area contributed by atoms with Gasteiger partial charge in [0.25, 0.3) is 0 Å². The van der Waals surface area contributed by atoms with Crippen LogP contribution in [-0.4, -0.2) is 80.1 Å². The molecule has 12 heteroatoms. The van der Waals surface area contributed by atoms with Crippen LogP contribution < -0.4 is 9.64 Å². The van der Waals surface area contributed by atoms with Gasteiger partial charge in [-0.1, -0.05) is 104 Å². The standard InChI is InChI=1S/C42H40N2O10/c1-3-23-52-38(46)33-35-39(47)54-36(28-14-8-5-9-15-28)34(27-12-6-4-7-13-27)44(35)37(29-18-20-30(21-19-29)51-24-22-45)42(33)31-16-10-11-17-32(31)43(40(42)48)41(49)53-26-25-50-2/h3-21,33-37,45H,1,22-26H2,2H3. The molecule has 4 aromatic rings. The van der Waals surface area contributed by atoms with Crippen LogP contribution in [0, 0.1) is 5.92 Å². The highest BCUT2D eigenvalue weighted by Crippen LogP contribution is 2.66. The number of morpholine rings is 1. The maximum absolute atomic E-state index is 15.6. The molecule has 2 amide bonds. The average molecular weight is 733 g/mol. The predicted molar refractivity (Wildman–Crippen MR) is 195 cm³/mol. The SMILES string of the molecule is C=CCOC(=O)C1C2C(=O)OC(c3ccccc3)C(c3ccccc3)N2C(c2ccc(OCCO)cc2)C12C(=O)N(C(=O)OCCOC)c1ccccc12. The van der Waals surface area contributed by atoms with Crippen molar-refractivity contribution in [3.05, 3.63) is 144 Å². The minimum absolute atomic E-state index is 0.0603. The van der Waals surface area contributed by atoms with Crippen molar-refractivity contribution in [1.82, 2.24) is 4.90 Å². The van der Waals surface area contributed by atoms with Crippen molar-refractivity contribution in [2.75, 3.05) is 45.0 Å². The van der Waals surface area contributed by atoms with Gasteiger partial charge in [0.2, 0.25) is 5.91 Å². The second-order valence-electron chi connectivity index (χ2n) is 13.1. The van der Waals surface area contributed by atoms with Crippen LogP contribution >= 0.6 is 0 Å². The highest BCUT2D eigenvalue weighted by molar-refractivity contribution is 6.23. The third-order valence-corrected chi connectivity index (χ3v) is 10.2. The van der Waals surface area contributed by atoms with Crippen LogP contribution in [0.3, 0.4) is 0 Å². The number of aliphatic hydroxyl groups is 1. The van der Waals surface area contributed by atoms with Gasteiger partial charge in [-0.25, -0.2) is 9.69 Å². The van der Waals surface area contributed by atoms with E-state index in [1.54, 1.807) is 48.5 Å². The predicted octanol–water partition coefficient (Wildman–Crippen LogP) is 5.24. The zero-order valence-corrected chi connectivity index (χ0v) is 29.6. The quantitative estimate of drug-likeness (QED) is 0.0886. The van der Waals surface area contributed by atoms with E-state index in [2.05, 4.69) is 6.58 Å². The number of rotatable bonds is 12. The normalized spacial score (nSPS) is 24.4. The molecule has 0 radical (unpaired) electrons. The number of anilines is 1. The Morgan fingerprint density at radius 3 is 2.15 bits per heavy atom. The first kappa shape index (κ1) is 36.5. The van der Waals surface area contributed by atoms with E-state index >= 15 is 4.79 Å². The Morgan fingerprint density at radius 2 is 1.48 bits per heavy atom. The van der Waals surface area contributed by atoms with Crippen molar-refractivity contribution >= 4 is 29.6 Å². The third-order valence-electron chi connectivity index (χ3n) is 10.2. The number of ether oxygens (including phenoxy) is 5. The van der Waals surface area contributed by atoms with Crippen LogP contribution in [0.5, 0.6) is 5.75 Å². The van der Waals surface area contributed by atoms with E-state index in [0.717, 1.165) is 10.5 Å². The van der Waals surface area contributed by atoms with E-state index in [1.807, 2.05) is 65.6 Å². The Balaban J connectivity index is 1.53. The Hall–Kier alpha value is -5.82. The number of hydrogen-bond donors (Lipinski definition) is 1. The van der Waals surface area contributed by atoms with Crippen LogP contribution in [0.25, 0.3) is 0 Å². The highest BCUT2D eigenvalue weighted by Gasteiger charge is 2.76. The summed E-state index contributed by atoms with van der Waals surface area (Å²) in [6, 6.07) is 29.3. The van der Waals surface area contributed by atoms with Gasteiger partial charge in [0.05, 0.1) is 31.0 Å². The van der Waals surface area contributed by atoms with Crippen LogP contribution in [-0.2, 0) is 38.7 Å². The van der Waals surface area contributed by atoms with Gasteiger partial charge >= 0.3 is 18.0 Å². The largest absolute Gasteiger partial charge is 0.491 e. The van der Waals surface area contributed by atoms with Crippen molar-refractivity contribution in [2.24, 2.45) is 5.92 Å². The van der Waals surface area contributed by atoms with Crippen LogP contribution in [0.1, 0.15) is 40.4 Å². The van der Waals surface area contributed by atoms with Gasteiger partial charge in [-0.15, -0.1) is 0 Å². The Labute approximate surface area is 312 Å². The zero-order valence-electron chi connectivity index (χ0n) is 29.6. The number of carbonyl (C=O) groups excluding carboxylic acids is 4. The molecule has 12 nitrogen and oxygen atoms in total. The molecule has 1 spiro atoms. The number of hydrogen-bond acceptors (Lipinski definition) is 11. The molecule has 4 aromatic carbocycles. The van der Waals surface area contributed by atoms with E-state index in [1.165, 1.54) is 13.2 Å². The molecule has 2 fully saturated rings. The first-order valence-electron chi connectivity index (χ1n) is 17.7. The van der Waals surface area contributed by atoms with Crippen molar-refractivity contribution in [2.45, 2.75) is 29.6 Å². The van der Waals surface area contributed by atoms with E-state index < -0.39 is 59.5 Å². The fraction of sp³-hybridized carbons (Fsp3) is 0.286. The summed E-state index contributed by atoms with van der Waals surface area (Å²) in [5, 5.41) is 9.39. The summed E-state index contributed by atoms with van der Waals surface area (Å²) in [5.41, 5.74) is 0.652. The number of imide groups is 1. The molecule has 2 saturated heterocycles. The van der Waals surface area contributed by atoms with Gasteiger partial charge in [-0.3, -0.25) is 19.3 Å². The lowest BCUT2D eigenvalue weighted by Gasteiger charge is -2.46. The lowest BCUT2D eigenvalue weighted by Crippen LogP contribution is -2.53. The van der Waals surface area contributed by atoms with Crippen molar-refractivity contribution < 1.29 is 48.0 Å². The lowest BCUT2D eigenvalue weighted by atomic mass is 9.65. The molecule has 6 atom stereocenters. The number of amides is 2. The number of benzene rings is 4. The third kappa shape index (κ3) is 6.11. The molecule has 3 aliphatic heterocycles. The number of aliphatic hydroxyl groups excluding tert-OH is 1. The Kier molecular flexibility index (Phi) is 10.6. The van der Waals surface area contributed by atoms with E-state index in [-0.39, 0.29) is 38.7 Å². The fourth-order valence-electron chi connectivity index (χ4n) is 8.23. The summed E-state index contributed by atoms with van der Waals surface area (Å²) in [5.74, 6) is -3.38. The molecule has 0 saturated carbocycles. The van der Waals surface area contributed by atoms with Crippen LogP contribution in [0.4, 0.5) is 10.5 Å². The average Bonchev–Trinajstić information content (AvgIpc) is 3.66. The minimum atomic E-state index is -1.93. The summed E-state index contributed by atoms with van der Waals surface area (Å²) in [7, 11) is 1.46. The second kappa shape index (κ2) is 15.7. The first-order chi connectivity index (χ1) is 26.4. The van der Waals surface area contributed by atoms with Crippen LogP contribution in [0.15, 0.2) is 122 Å². The number of fused-ring (bicyclic) bond motifs is 3. The lowest BCUT2D eigenvalue weighted by molar-refractivity contribution is -0.180. The molecular formula is C42H40N2O10. The van der Waals surface area contributed by atoms with E-state index in [4.69, 9.17) is 23.7 Å². The van der Waals surface area contributed by atoms with Gasteiger partial charge in [0, 0.05) is 7.11 Å². The zero-order chi connectivity index (χ0) is 37.8. The van der Waals surface area contributed by atoms with Gasteiger partial charge in [0.15, 0.2) is 0 Å². The van der Waals surface area contributed by atoms with E-state index in [9.17, 15) is 19.5 Å². The second-order valence-corrected chi connectivity index (χ2v) is 13.1. The number of methoxy groups -OCH3 is 1. The number of cyclic esters (lactones) is 1. The fourth-order valence-corrected chi connectivity index (χ4v) is 8.23. The molecule has 0 aliphatic carbocycles. The van der Waals surface area contributed by atoms with E-state index in [0.29, 0.717) is 22.4 Å². The minimum Gasteiger partial charge on any atom is -0.491 e. The number of carbonyl (C=O) groups is 4. The molecule has 7 rings (SSSR count). The molecular weight excluding hydrogens is 692 g/mol. The summed E-state index contributed by atoms with van der Waals surface area (Å²) in [6.45, 7) is 3.33. The monoisotopic (exact) mass is 732 g/mol. The van der Waals surface area contributed by atoms with Gasteiger partial charge in [0.1, 0.15) is 49.0 Å². The molecule has 54 heavy (non-hydrogen) atoms. The van der Waals surface area contributed by atoms with Crippen LogP contribution in [0.2, 0.25) is 0 Å². The maximum atomic E-state index is 15.6. The van der Waals surface area contributed by atoms with Crippen molar-refractivity contribution in [1.29, 1.82) is 0 Å². The van der Waals surface area contributed by atoms with Crippen molar-refractivity contribution in [3.8, 4) is 5.75 Å². The molecule has 0 aromatic heterocycles. The smallest absolute Gasteiger partial charge is 0.421 e. The number of para-hydroxylation sites is 1. The topological polar surface area (TPSA) is 141 Å². The van der Waals surface area contributed by atoms with Gasteiger partial charge in [-0.2, -0.15) is 0 Å². The van der Waals surface area contributed by atoms with Gasteiger partial charge in [-0.05, 0) is 40.5 Å². The first-order valence-corrected chi connectivity index (χ1v) is 17.7. The maximum Gasteiger partial charge on any atom is 0.421 e.